The molecule has 0 spiro atoms. The number of carbonyl (C=O) groups excluding carboxylic acids is 1. The first-order valence-corrected chi connectivity index (χ1v) is 6.99. The standard InChI is InChI=1S/C17H19NO/c1-17(2)10-11-18-14-8-5-7-13(16(14)17)12-6-3-4-9-15(12)19/h5-8,11H,3-4,9-10H2,1-2H3. The van der Waals surface area contributed by atoms with Crippen LogP contribution in [0.1, 0.15) is 50.7 Å². The van der Waals surface area contributed by atoms with E-state index in [1.54, 1.807) is 0 Å². The Balaban J connectivity index is 2.21. The van der Waals surface area contributed by atoms with E-state index in [1.807, 2.05) is 18.3 Å². The average molecular weight is 253 g/mol. The summed E-state index contributed by atoms with van der Waals surface area (Å²) >= 11 is 0. The number of aliphatic imine (C=N–C) groups is 1. The monoisotopic (exact) mass is 253 g/mol. The molecule has 3 rings (SSSR count). The maximum Gasteiger partial charge on any atom is 0.163 e. The van der Waals surface area contributed by atoms with Crippen LogP contribution in [0.5, 0.6) is 0 Å². The summed E-state index contributed by atoms with van der Waals surface area (Å²) in [6.07, 6.45) is 7.70. The number of Topliss-reactive ketones (excluding diaryl/α,β-unsaturated/α-hetero) is 1. The highest BCUT2D eigenvalue weighted by atomic mass is 16.1. The first kappa shape index (κ1) is 12.3. The van der Waals surface area contributed by atoms with Crippen LogP contribution in [0.15, 0.2) is 29.3 Å². The van der Waals surface area contributed by atoms with Crippen LogP contribution < -0.4 is 0 Å². The summed E-state index contributed by atoms with van der Waals surface area (Å²) in [7, 11) is 0. The van der Waals surface area contributed by atoms with Crippen molar-refractivity contribution in [3.63, 3.8) is 0 Å². The third kappa shape index (κ3) is 2.05. The summed E-state index contributed by atoms with van der Waals surface area (Å²) in [6, 6.07) is 6.14. The Morgan fingerprint density at radius 1 is 1.26 bits per heavy atom. The molecule has 0 atom stereocenters. The van der Waals surface area contributed by atoms with E-state index < -0.39 is 0 Å². The largest absolute Gasteiger partial charge is 0.294 e. The molecule has 0 saturated carbocycles. The van der Waals surface area contributed by atoms with Crippen molar-refractivity contribution in [3.8, 4) is 0 Å². The van der Waals surface area contributed by atoms with Crippen LogP contribution in [0, 0.1) is 0 Å². The molecule has 0 amide bonds. The van der Waals surface area contributed by atoms with Gasteiger partial charge in [0.2, 0.25) is 0 Å². The van der Waals surface area contributed by atoms with E-state index in [9.17, 15) is 4.79 Å². The molecule has 1 aliphatic carbocycles. The lowest BCUT2D eigenvalue weighted by Crippen LogP contribution is -2.23. The van der Waals surface area contributed by atoms with Gasteiger partial charge < -0.3 is 0 Å². The molecule has 2 aliphatic rings. The van der Waals surface area contributed by atoms with E-state index >= 15 is 0 Å². The van der Waals surface area contributed by atoms with Crippen LogP contribution >= 0.6 is 0 Å². The van der Waals surface area contributed by atoms with Crippen molar-refractivity contribution in [3.05, 3.63) is 35.4 Å². The van der Waals surface area contributed by atoms with Gasteiger partial charge in [0.25, 0.3) is 0 Å². The topological polar surface area (TPSA) is 29.4 Å². The molecule has 0 bridgehead atoms. The van der Waals surface area contributed by atoms with Gasteiger partial charge in [-0.15, -0.1) is 0 Å². The van der Waals surface area contributed by atoms with Crippen LogP contribution in [0.2, 0.25) is 0 Å². The zero-order valence-electron chi connectivity index (χ0n) is 11.6. The van der Waals surface area contributed by atoms with Gasteiger partial charge >= 0.3 is 0 Å². The molecule has 1 heterocycles. The Kier molecular flexibility index (Phi) is 2.89. The summed E-state index contributed by atoms with van der Waals surface area (Å²) in [4.78, 5) is 16.7. The van der Waals surface area contributed by atoms with E-state index in [0.29, 0.717) is 6.42 Å². The average Bonchev–Trinajstić information content (AvgIpc) is 2.38. The zero-order chi connectivity index (χ0) is 13.5. The Labute approximate surface area is 114 Å². The normalized spacial score (nSPS) is 20.9. The number of benzene rings is 1. The first-order valence-electron chi connectivity index (χ1n) is 6.99. The van der Waals surface area contributed by atoms with Gasteiger partial charge in [-0.05, 0) is 41.9 Å². The lowest BCUT2D eigenvalue weighted by atomic mass is 9.74. The minimum absolute atomic E-state index is 0.0479. The highest BCUT2D eigenvalue weighted by Crippen LogP contribution is 2.42. The molecule has 2 heteroatoms. The fraction of sp³-hybridized carbons (Fsp3) is 0.412. The van der Waals surface area contributed by atoms with Crippen molar-refractivity contribution in [2.45, 2.75) is 44.9 Å². The predicted molar refractivity (Wildman–Crippen MR) is 79.1 cm³/mol. The number of allylic oxidation sites excluding steroid dienone is 2. The minimum atomic E-state index is 0.0479. The van der Waals surface area contributed by atoms with Gasteiger partial charge in [-0.1, -0.05) is 32.1 Å². The number of hydrogen-bond acceptors (Lipinski definition) is 2. The Morgan fingerprint density at radius 3 is 2.89 bits per heavy atom. The third-order valence-electron chi connectivity index (χ3n) is 4.10. The molecule has 19 heavy (non-hydrogen) atoms. The highest BCUT2D eigenvalue weighted by molar-refractivity contribution is 6.22. The number of rotatable bonds is 1. The fourth-order valence-electron chi connectivity index (χ4n) is 3.08. The second kappa shape index (κ2) is 4.44. The number of carbonyl (C=O) groups is 1. The molecule has 0 radical (unpaired) electrons. The molecule has 98 valence electrons. The summed E-state index contributed by atoms with van der Waals surface area (Å²) in [5.41, 5.74) is 4.32. The molecule has 0 fully saturated rings. The molecular weight excluding hydrogens is 234 g/mol. The second-order valence-electron chi connectivity index (χ2n) is 6.03. The van der Waals surface area contributed by atoms with Gasteiger partial charge in [0.05, 0.1) is 5.69 Å². The smallest absolute Gasteiger partial charge is 0.163 e. The summed E-state index contributed by atoms with van der Waals surface area (Å²) in [6.45, 7) is 4.46. The number of fused-ring (bicyclic) bond motifs is 1. The zero-order valence-corrected chi connectivity index (χ0v) is 11.6. The van der Waals surface area contributed by atoms with Gasteiger partial charge in [0, 0.05) is 18.2 Å². The van der Waals surface area contributed by atoms with E-state index in [2.05, 4.69) is 31.0 Å². The van der Waals surface area contributed by atoms with E-state index in [1.165, 1.54) is 5.56 Å². The van der Waals surface area contributed by atoms with Gasteiger partial charge in [-0.25, -0.2) is 0 Å². The Morgan fingerprint density at radius 2 is 2.11 bits per heavy atom. The maximum absolute atomic E-state index is 12.2. The van der Waals surface area contributed by atoms with Crippen LogP contribution in [0.4, 0.5) is 5.69 Å². The van der Waals surface area contributed by atoms with Crippen molar-refractivity contribution in [1.82, 2.24) is 0 Å². The SMILES string of the molecule is CC1(C)CC=Nc2cccc(C3=CCCCC3=O)c21. The minimum Gasteiger partial charge on any atom is -0.294 e. The molecule has 0 aromatic heterocycles. The van der Waals surface area contributed by atoms with Gasteiger partial charge in [0.1, 0.15) is 0 Å². The first-order chi connectivity index (χ1) is 9.09. The number of nitrogens with zero attached hydrogens (tertiary/aromatic N) is 1. The molecule has 0 saturated heterocycles. The quantitative estimate of drug-likeness (QED) is 0.737. The molecule has 1 aromatic rings. The Bertz CT molecular complexity index is 593. The third-order valence-corrected chi connectivity index (χ3v) is 4.10. The molecule has 0 unspecified atom stereocenters. The van der Waals surface area contributed by atoms with Gasteiger partial charge in [0.15, 0.2) is 5.78 Å². The van der Waals surface area contributed by atoms with Crippen molar-refractivity contribution in [2.75, 3.05) is 0 Å². The Hall–Kier alpha value is -1.70. The summed E-state index contributed by atoms with van der Waals surface area (Å²) in [5.74, 6) is 0.282. The van der Waals surface area contributed by atoms with Crippen LogP contribution in [0.3, 0.4) is 0 Å². The molecule has 0 N–H and O–H groups in total. The lowest BCUT2D eigenvalue weighted by Gasteiger charge is -2.31. The van der Waals surface area contributed by atoms with Crippen molar-refractivity contribution < 1.29 is 4.79 Å². The summed E-state index contributed by atoms with van der Waals surface area (Å²) in [5, 5.41) is 0. The predicted octanol–water partition coefficient (Wildman–Crippen LogP) is 4.21. The van der Waals surface area contributed by atoms with E-state index in [0.717, 1.165) is 36.1 Å². The van der Waals surface area contributed by atoms with Crippen molar-refractivity contribution in [2.24, 2.45) is 4.99 Å². The highest BCUT2D eigenvalue weighted by Gasteiger charge is 2.30. The molecule has 2 nitrogen and oxygen atoms in total. The maximum atomic E-state index is 12.2. The number of hydrogen-bond donors (Lipinski definition) is 0. The molecular formula is C17H19NO. The van der Waals surface area contributed by atoms with Crippen molar-refractivity contribution in [1.29, 1.82) is 0 Å². The second-order valence-corrected chi connectivity index (χ2v) is 6.03. The van der Waals surface area contributed by atoms with E-state index in [4.69, 9.17) is 0 Å². The molecule has 1 aromatic carbocycles. The fourth-order valence-corrected chi connectivity index (χ4v) is 3.08. The van der Waals surface area contributed by atoms with E-state index in [-0.39, 0.29) is 11.2 Å². The number of ketones is 1. The van der Waals surface area contributed by atoms with Gasteiger partial charge in [-0.2, -0.15) is 0 Å². The lowest BCUT2D eigenvalue weighted by molar-refractivity contribution is -0.114. The summed E-state index contributed by atoms with van der Waals surface area (Å²) < 4.78 is 0. The molecule has 1 aliphatic heterocycles. The van der Waals surface area contributed by atoms with Crippen LogP contribution in [0.25, 0.3) is 5.57 Å². The van der Waals surface area contributed by atoms with Crippen LogP contribution in [-0.2, 0) is 10.2 Å². The van der Waals surface area contributed by atoms with Gasteiger partial charge in [-0.3, -0.25) is 9.79 Å². The van der Waals surface area contributed by atoms with Crippen molar-refractivity contribution >= 4 is 23.3 Å². The van der Waals surface area contributed by atoms with Crippen LogP contribution in [-0.4, -0.2) is 12.0 Å².